The molecule has 6 nitrogen and oxygen atoms in total. The van der Waals surface area contributed by atoms with Gasteiger partial charge < -0.3 is 19.5 Å². The number of hydrogen-bond acceptors (Lipinski definition) is 4. The van der Waals surface area contributed by atoms with Gasteiger partial charge in [0.1, 0.15) is 19.3 Å². The summed E-state index contributed by atoms with van der Waals surface area (Å²) in [6.07, 6.45) is 0.0983. The van der Waals surface area contributed by atoms with Crippen LogP contribution in [0.15, 0.2) is 48.5 Å². The molecule has 0 saturated heterocycles. The van der Waals surface area contributed by atoms with Crippen LogP contribution in [0.1, 0.15) is 18.1 Å². The minimum absolute atomic E-state index is 0.0983. The van der Waals surface area contributed by atoms with Crippen molar-refractivity contribution in [1.82, 2.24) is 4.90 Å². The predicted molar refractivity (Wildman–Crippen MR) is 95.2 cm³/mol. The Hall–Kier alpha value is -3.02. The second-order valence-corrected chi connectivity index (χ2v) is 6.18. The molecule has 1 N–H and O–H groups in total. The van der Waals surface area contributed by atoms with E-state index in [1.54, 1.807) is 18.2 Å². The van der Waals surface area contributed by atoms with E-state index in [0.717, 1.165) is 11.1 Å². The van der Waals surface area contributed by atoms with Gasteiger partial charge in [-0.3, -0.25) is 4.79 Å². The first-order valence-corrected chi connectivity index (χ1v) is 8.49. The second kappa shape index (κ2) is 7.91. The smallest absolute Gasteiger partial charge is 0.326 e. The zero-order valence-corrected chi connectivity index (χ0v) is 14.6. The molecule has 1 unspecified atom stereocenters. The molecule has 0 aromatic heterocycles. The highest BCUT2D eigenvalue weighted by atomic mass is 16.6. The Morgan fingerprint density at radius 1 is 1.04 bits per heavy atom. The Bertz CT molecular complexity index is 790. The van der Waals surface area contributed by atoms with Crippen molar-refractivity contribution in [3.63, 3.8) is 0 Å². The molecule has 1 amide bonds. The van der Waals surface area contributed by atoms with Crippen molar-refractivity contribution in [2.45, 2.75) is 25.9 Å². The van der Waals surface area contributed by atoms with Crippen molar-refractivity contribution in [2.24, 2.45) is 0 Å². The summed E-state index contributed by atoms with van der Waals surface area (Å²) in [7, 11) is 0. The molecule has 0 spiro atoms. The van der Waals surface area contributed by atoms with Crippen LogP contribution in [-0.2, 0) is 22.6 Å². The maximum absolute atomic E-state index is 12.8. The summed E-state index contributed by atoms with van der Waals surface area (Å²) in [6, 6.07) is 13.8. The van der Waals surface area contributed by atoms with Crippen LogP contribution >= 0.6 is 0 Å². The highest BCUT2D eigenvalue weighted by Crippen LogP contribution is 2.31. The fourth-order valence-corrected chi connectivity index (χ4v) is 2.83. The summed E-state index contributed by atoms with van der Waals surface area (Å²) >= 11 is 0. The summed E-state index contributed by atoms with van der Waals surface area (Å²) in [5, 5.41) is 9.37. The van der Waals surface area contributed by atoms with Crippen LogP contribution in [0.2, 0.25) is 0 Å². The number of rotatable bonds is 6. The molecule has 26 heavy (non-hydrogen) atoms. The number of nitrogens with zero attached hydrogens (tertiary/aromatic N) is 1. The van der Waals surface area contributed by atoms with Crippen LogP contribution in [0.3, 0.4) is 0 Å². The van der Waals surface area contributed by atoms with Crippen molar-refractivity contribution >= 4 is 11.9 Å². The normalized spacial score (nSPS) is 13.7. The average molecular weight is 355 g/mol. The molecule has 1 aliphatic rings. The van der Waals surface area contributed by atoms with E-state index in [-0.39, 0.29) is 18.9 Å². The Morgan fingerprint density at radius 3 is 2.42 bits per heavy atom. The van der Waals surface area contributed by atoms with Gasteiger partial charge in [0, 0.05) is 6.54 Å². The van der Waals surface area contributed by atoms with E-state index in [9.17, 15) is 14.7 Å². The standard InChI is InChI=1S/C20H21NO5/c1-14(20(23)24)21(13-15-5-3-2-4-6-15)19(22)12-16-7-8-17-18(11-16)26-10-9-25-17/h2-8,11,14H,9-10,12-13H2,1H3,(H,23,24). The van der Waals surface area contributed by atoms with Crippen molar-refractivity contribution in [3.8, 4) is 11.5 Å². The molecule has 1 aliphatic heterocycles. The van der Waals surface area contributed by atoms with Crippen LogP contribution in [-0.4, -0.2) is 41.1 Å². The lowest BCUT2D eigenvalue weighted by Gasteiger charge is -2.27. The summed E-state index contributed by atoms with van der Waals surface area (Å²) in [5.41, 5.74) is 1.64. The quantitative estimate of drug-likeness (QED) is 0.862. The zero-order valence-electron chi connectivity index (χ0n) is 14.6. The molecule has 1 heterocycles. The highest BCUT2D eigenvalue weighted by Gasteiger charge is 2.26. The lowest BCUT2D eigenvalue weighted by atomic mass is 10.1. The third kappa shape index (κ3) is 4.14. The van der Waals surface area contributed by atoms with Crippen molar-refractivity contribution in [1.29, 1.82) is 0 Å². The molecule has 0 fully saturated rings. The second-order valence-electron chi connectivity index (χ2n) is 6.18. The van der Waals surface area contributed by atoms with E-state index in [0.29, 0.717) is 24.7 Å². The topological polar surface area (TPSA) is 76.1 Å². The highest BCUT2D eigenvalue weighted by molar-refractivity contribution is 5.85. The number of hydrogen-bond donors (Lipinski definition) is 1. The van der Waals surface area contributed by atoms with Gasteiger partial charge in [-0.2, -0.15) is 0 Å². The number of carbonyl (C=O) groups excluding carboxylic acids is 1. The Balaban J connectivity index is 1.77. The number of amides is 1. The van der Waals surface area contributed by atoms with Gasteiger partial charge in [-0.05, 0) is 30.2 Å². The van der Waals surface area contributed by atoms with E-state index in [4.69, 9.17) is 9.47 Å². The van der Waals surface area contributed by atoms with E-state index in [2.05, 4.69) is 0 Å². The molecule has 2 aromatic rings. The van der Waals surface area contributed by atoms with Crippen molar-refractivity contribution < 1.29 is 24.2 Å². The molecule has 0 radical (unpaired) electrons. The molecular weight excluding hydrogens is 334 g/mol. The van der Waals surface area contributed by atoms with Crippen LogP contribution in [0.5, 0.6) is 11.5 Å². The summed E-state index contributed by atoms with van der Waals surface area (Å²) in [5.74, 6) is -0.00757. The minimum atomic E-state index is -1.03. The minimum Gasteiger partial charge on any atom is -0.486 e. The first-order chi connectivity index (χ1) is 12.5. The number of carbonyl (C=O) groups is 2. The molecule has 1 atom stereocenters. The number of fused-ring (bicyclic) bond motifs is 1. The molecule has 0 bridgehead atoms. The molecule has 0 saturated carbocycles. The average Bonchev–Trinajstić information content (AvgIpc) is 2.66. The Kier molecular flexibility index (Phi) is 5.41. The zero-order chi connectivity index (χ0) is 18.5. The van der Waals surface area contributed by atoms with Gasteiger partial charge in [-0.15, -0.1) is 0 Å². The predicted octanol–water partition coefficient (Wildman–Crippen LogP) is 2.50. The summed E-state index contributed by atoms with van der Waals surface area (Å²) in [6.45, 7) is 2.75. The van der Waals surface area contributed by atoms with Crippen LogP contribution < -0.4 is 9.47 Å². The van der Waals surface area contributed by atoms with E-state index in [1.807, 2.05) is 30.3 Å². The van der Waals surface area contributed by atoms with Crippen molar-refractivity contribution in [2.75, 3.05) is 13.2 Å². The lowest BCUT2D eigenvalue weighted by Crippen LogP contribution is -2.43. The molecule has 3 rings (SSSR count). The van der Waals surface area contributed by atoms with Gasteiger partial charge in [0.05, 0.1) is 6.42 Å². The number of benzene rings is 2. The SMILES string of the molecule is CC(C(=O)O)N(Cc1ccccc1)C(=O)Cc1ccc2c(c1)OCCO2. The van der Waals surface area contributed by atoms with E-state index >= 15 is 0 Å². The Morgan fingerprint density at radius 2 is 1.73 bits per heavy atom. The number of ether oxygens (including phenoxy) is 2. The largest absolute Gasteiger partial charge is 0.486 e. The van der Waals surface area contributed by atoms with Gasteiger partial charge in [0.25, 0.3) is 0 Å². The summed E-state index contributed by atoms with van der Waals surface area (Å²) < 4.78 is 11.0. The Labute approximate surface area is 152 Å². The number of aliphatic carboxylic acids is 1. The molecule has 2 aromatic carbocycles. The lowest BCUT2D eigenvalue weighted by molar-refractivity contribution is -0.149. The van der Waals surface area contributed by atoms with Crippen LogP contribution in [0, 0.1) is 0 Å². The summed E-state index contributed by atoms with van der Waals surface area (Å²) in [4.78, 5) is 25.7. The first kappa shape index (κ1) is 17.8. The maximum atomic E-state index is 12.8. The molecule has 136 valence electrons. The van der Waals surface area contributed by atoms with Gasteiger partial charge in [-0.25, -0.2) is 4.79 Å². The van der Waals surface area contributed by atoms with Crippen LogP contribution in [0.4, 0.5) is 0 Å². The molecule has 6 heteroatoms. The van der Waals surface area contributed by atoms with Gasteiger partial charge >= 0.3 is 5.97 Å². The third-order valence-corrected chi connectivity index (χ3v) is 4.30. The van der Waals surface area contributed by atoms with Crippen LogP contribution in [0.25, 0.3) is 0 Å². The van der Waals surface area contributed by atoms with Gasteiger partial charge in [0.2, 0.25) is 5.91 Å². The molecule has 0 aliphatic carbocycles. The monoisotopic (exact) mass is 355 g/mol. The van der Waals surface area contributed by atoms with E-state index in [1.165, 1.54) is 11.8 Å². The molecular formula is C20H21NO5. The fourth-order valence-electron chi connectivity index (χ4n) is 2.83. The number of carboxylic acid groups (broad SMARTS) is 1. The van der Waals surface area contributed by atoms with Gasteiger partial charge in [0.15, 0.2) is 11.5 Å². The third-order valence-electron chi connectivity index (χ3n) is 4.30. The first-order valence-electron chi connectivity index (χ1n) is 8.49. The fraction of sp³-hybridized carbons (Fsp3) is 0.300. The van der Waals surface area contributed by atoms with Gasteiger partial charge in [-0.1, -0.05) is 36.4 Å². The van der Waals surface area contributed by atoms with Crippen molar-refractivity contribution in [3.05, 3.63) is 59.7 Å². The maximum Gasteiger partial charge on any atom is 0.326 e. The number of carboxylic acids is 1. The van der Waals surface area contributed by atoms with E-state index < -0.39 is 12.0 Å².